The van der Waals surface area contributed by atoms with Gasteiger partial charge in [-0.2, -0.15) is 0 Å². The number of hydrogen-bond donors (Lipinski definition) is 2. The van der Waals surface area contributed by atoms with Gasteiger partial charge in [0.15, 0.2) is 5.13 Å². The molecule has 0 spiro atoms. The molecule has 104 valence electrons. The van der Waals surface area contributed by atoms with Crippen LogP contribution < -0.4 is 5.73 Å². The van der Waals surface area contributed by atoms with Crippen molar-refractivity contribution in [3.8, 4) is 0 Å². The van der Waals surface area contributed by atoms with Gasteiger partial charge < -0.3 is 15.7 Å². The van der Waals surface area contributed by atoms with Crippen LogP contribution in [0.5, 0.6) is 0 Å². The first-order valence-corrected chi connectivity index (χ1v) is 7.10. The molecule has 0 radical (unpaired) electrons. The number of anilines is 1. The van der Waals surface area contributed by atoms with E-state index in [9.17, 15) is 14.7 Å². The zero-order valence-electron chi connectivity index (χ0n) is 10.8. The van der Waals surface area contributed by atoms with E-state index in [2.05, 4.69) is 4.98 Å². The predicted octanol–water partition coefficient (Wildman–Crippen LogP) is 1.44. The van der Waals surface area contributed by atoms with Crippen LogP contribution in [0.4, 0.5) is 5.13 Å². The van der Waals surface area contributed by atoms with Gasteiger partial charge in [0.1, 0.15) is 5.69 Å². The minimum atomic E-state index is -0.817. The van der Waals surface area contributed by atoms with E-state index in [1.807, 2.05) is 6.92 Å². The first-order valence-electron chi connectivity index (χ1n) is 6.22. The molecule has 1 aliphatic rings. The number of likely N-dealkylation sites (tertiary alicyclic amines) is 1. The Kier molecular flexibility index (Phi) is 3.75. The Morgan fingerprint density at radius 3 is 2.89 bits per heavy atom. The van der Waals surface area contributed by atoms with Crippen LogP contribution in [0, 0.1) is 5.41 Å². The molecule has 1 atom stereocenters. The number of nitrogens with zero attached hydrogens (tertiary/aromatic N) is 2. The quantitative estimate of drug-likeness (QED) is 0.871. The molecule has 0 saturated carbocycles. The highest BCUT2D eigenvalue weighted by Crippen LogP contribution is 2.36. The number of aromatic nitrogens is 1. The molecule has 1 amide bonds. The third-order valence-corrected chi connectivity index (χ3v) is 4.24. The minimum Gasteiger partial charge on any atom is -0.481 e. The van der Waals surface area contributed by atoms with Gasteiger partial charge in [-0.15, -0.1) is 11.3 Å². The lowest BCUT2D eigenvalue weighted by Gasteiger charge is -2.23. The van der Waals surface area contributed by atoms with Gasteiger partial charge >= 0.3 is 5.97 Å². The summed E-state index contributed by atoms with van der Waals surface area (Å²) in [5, 5.41) is 11.4. The largest absolute Gasteiger partial charge is 0.481 e. The summed E-state index contributed by atoms with van der Waals surface area (Å²) in [5.74, 6) is -1.05. The van der Waals surface area contributed by atoms with Crippen LogP contribution in [-0.4, -0.2) is 40.0 Å². The van der Waals surface area contributed by atoms with Crippen molar-refractivity contribution in [2.75, 3.05) is 18.8 Å². The first-order chi connectivity index (χ1) is 8.98. The second kappa shape index (κ2) is 5.16. The Balaban J connectivity index is 2.13. The number of carbonyl (C=O) groups is 2. The molecular weight excluding hydrogens is 266 g/mol. The molecule has 19 heavy (non-hydrogen) atoms. The van der Waals surface area contributed by atoms with E-state index in [4.69, 9.17) is 5.73 Å². The van der Waals surface area contributed by atoms with Gasteiger partial charge in [-0.05, 0) is 12.8 Å². The Morgan fingerprint density at radius 2 is 2.37 bits per heavy atom. The van der Waals surface area contributed by atoms with Gasteiger partial charge in [0.05, 0.1) is 5.41 Å². The number of amides is 1. The Morgan fingerprint density at radius 1 is 1.63 bits per heavy atom. The Labute approximate surface area is 115 Å². The molecule has 3 N–H and O–H groups in total. The van der Waals surface area contributed by atoms with Crippen molar-refractivity contribution in [2.45, 2.75) is 26.2 Å². The Bertz CT molecular complexity index is 502. The topological polar surface area (TPSA) is 96.5 Å². The van der Waals surface area contributed by atoms with Crippen LogP contribution in [0.15, 0.2) is 5.38 Å². The SMILES string of the molecule is CCCC1(C(=O)O)CCN(C(=O)c2csc(N)n2)C1. The molecule has 0 bridgehead atoms. The highest BCUT2D eigenvalue weighted by molar-refractivity contribution is 7.13. The average Bonchev–Trinajstić information content (AvgIpc) is 2.96. The van der Waals surface area contributed by atoms with Gasteiger partial charge in [0.2, 0.25) is 0 Å². The fourth-order valence-corrected chi connectivity index (χ4v) is 3.09. The van der Waals surface area contributed by atoms with Crippen LogP contribution in [0.25, 0.3) is 0 Å². The molecule has 7 heteroatoms. The van der Waals surface area contributed by atoms with Crippen LogP contribution in [0.1, 0.15) is 36.7 Å². The summed E-state index contributed by atoms with van der Waals surface area (Å²) in [4.78, 5) is 29.2. The summed E-state index contributed by atoms with van der Waals surface area (Å²) in [6.07, 6.45) is 1.88. The van der Waals surface area contributed by atoms with Gasteiger partial charge in [-0.25, -0.2) is 4.98 Å². The summed E-state index contributed by atoms with van der Waals surface area (Å²) < 4.78 is 0. The molecule has 1 aromatic heterocycles. The lowest BCUT2D eigenvalue weighted by molar-refractivity contribution is -0.148. The summed E-state index contributed by atoms with van der Waals surface area (Å²) >= 11 is 1.21. The number of carboxylic acids is 1. The molecule has 1 aromatic rings. The molecule has 6 nitrogen and oxygen atoms in total. The maximum atomic E-state index is 12.2. The summed E-state index contributed by atoms with van der Waals surface area (Å²) in [7, 11) is 0. The number of aliphatic carboxylic acids is 1. The lowest BCUT2D eigenvalue weighted by atomic mass is 9.83. The number of rotatable bonds is 4. The fraction of sp³-hybridized carbons (Fsp3) is 0.583. The smallest absolute Gasteiger partial charge is 0.311 e. The summed E-state index contributed by atoms with van der Waals surface area (Å²) in [5.41, 5.74) is 5.01. The van der Waals surface area contributed by atoms with Crippen molar-refractivity contribution in [1.82, 2.24) is 9.88 Å². The van der Waals surface area contributed by atoms with E-state index in [0.717, 1.165) is 6.42 Å². The monoisotopic (exact) mass is 283 g/mol. The van der Waals surface area contributed by atoms with E-state index in [1.165, 1.54) is 11.3 Å². The van der Waals surface area contributed by atoms with Crippen LogP contribution in [0.2, 0.25) is 0 Å². The fourth-order valence-electron chi connectivity index (χ4n) is 2.56. The van der Waals surface area contributed by atoms with Crippen LogP contribution in [-0.2, 0) is 4.79 Å². The van der Waals surface area contributed by atoms with E-state index >= 15 is 0 Å². The maximum Gasteiger partial charge on any atom is 0.311 e. The number of thiazole rings is 1. The molecule has 1 aliphatic heterocycles. The zero-order valence-corrected chi connectivity index (χ0v) is 11.6. The molecule has 2 rings (SSSR count). The summed E-state index contributed by atoms with van der Waals surface area (Å²) in [6.45, 7) is 2.67. The molecule has 1 unspecified atom stereocenters. The molecular formula is C12H17N3O3S. The maximum absolute atomic E-state index is 12.2. The molecule has 2 heterocycles. The van der Waals surface area contributed by atoms with Crippen molar-refractivity contribution in [2.24, 2.45) is 5.41 Å². The predicted molar refractivity (Wildman–Crippen MR) is 72.0 cm³/mol. The first kappa shape index (κ1) is 13.8. The average molecular weight is 283 g/mol. The Hall–Kier alpha value is -1.63. The normalized spacial score (nSPS) is 22.7. The number of nitrogen functional groups attached to an aromatic ring is 1. The summed E-state index contributed by atoms with van der Waals surface area (Å²) in [6, 6.07) is 0. The van der Waals surface area contributed by atoms with Crippen molar-refractivity contribution < 1.29 is 14.7 Å². The number of hydrogen-bond acceptors (Lipinski definition) is 5. The van der Waals surface area contributed by atoms with Crippen molar-refractivity contribution in [3.05, 3.63) is 11.1 Å². The minimum absolute atomic E-state index is 0.229. The van der Waals surface area contributed by atoms with Crippen molar-refractivity contribution >= 4 is 28.3 Å². The molecule has 1 saturated heterocycles. The van der Waals surface area contributed by atoms with Gasteiger partial charge in [0, 0.05) is 18.5 Å². The van der Waals surface area contributed by atoms with Crippen LogP contribution >= 0.6 is 11.3 Å². The van der Waals surface area contributed by atoms with E-state index < -0.39 is 11.4 Å². The van der Waals surface area contributed by atoms with Crippen LogP contribution in [0.3, 0.4) is 0 Å². The highest BCUT2D eigenvalue weighted by Gasteiger charge is 2.45. The van der Waals surface area contributed by atoms with Gasteiger partial charge in [0.25, 0.3) is 5.91 Å². The standard InChI is InChI=1S/C12H17N3O3S/c1-2-3-12(10(17)18)4-5-15(7-12)9(16)8-6-19-11(13)14-8/h6H,2-5,7H2,1H3,(H2,13,14)(H,17,18). The van der Waals surface area contributed by atoms with Gasteiger partial charge in [-0.1, -0.05) is 13.3 Å². The lowest BCUT2D eigenvalue weighted by Crippen LogP contribution is -2.37. The third kappa shape index (κ3) is 2.56. The van der Waals surface area contributed by atoms with Gasteiger partial charge in [-0.3, -0.25) is 9.59 Å². The van der Waals surface area contributed by atoms with E-state index in [-0.39, 0.29) is 12.5 Å². The molecule has 1 fully saturated rings. The number of carbonyl (C=O) groups excluding carboxylic acids is 1. The third-order valence-electron chi connectivity index (χ3n) is 3.56. The highest BCUT2D eigenvalue weighted by atomic mass is 32.1. The van der Waals surface area contributed by atoms with E-state index in [0.29, 0.717) is 30.2 Å². The van der Waals surface area contributed by atoms with Crippen molar-refractivity contribution in [3.63, 3.8) is 0 Å². The van der Waals surface area contributed by atoms with E-state index in [1.54, 1.807) is 10.3 Å². The van der Waals surface area contributed by atoms with Crippen molar-refractivity contribution in [1.29, 1.82) is 0 Å². The second-order valence-corrected chi connectivity index (χ2v) is 5.77. The zero-order chi connectivity index (χ0) is 14.0. The molecule has 0 aromatic carbocycles. The number of nitrogens with two attached hydrogens (primary N) is 1. The number of carboxylic acid groups (broad SMARTS) is 1. The molecule has 0 aliphatic carbocycles. The second-order valence-electron chi connectivity index (χ2n) is 4.88.